The van der Waals surface area contributed by atoms with Gasteiger partial charge in [0.2, 0.25) is 0 Å². The van der Waals surface area contributed by atoms with Gasteiger partial charge in [0.05, 0.1) is 0 Å². The molecule has 0 amide bonds. The summed E-state index contributed by atoms with van der Waals surface area (Å²) in [6.07, 6.45) is 26.1. The minimum Gasteiger partial charge on any atom is -0.302 e. The number of halogens is 1. The van der Waals surface area contributed by atoms with Gasteiger partial charge in [0, 0.05) is 6.54 Å². The first-order valence-electron chi connectivity index (χ1n) is 13.1. The van der Waals surface area contributed by atoms with Gasteiger partial charge in [-0.3, -0.25) is 0 Å². The maximum Gasteiger partial charge on any atom is 0.0230 e. The second kappa shape index (κ2) is 23.1. The molecule has 0 N–H and O–H groups in total. The van der Waals surface area contributed by atoms with E-state index in [-0.39, 0.29) is 12.4 Å². The van der Waals surface area contributed by atoms with Gasteiger partial charge in [-0.1, -0.05) is 146 Å². The van der Waals surface area contributed by atoms with E-state index in [4.69, 9.17) is 0 Å². The highest BCUT2D eigenvalue weighted by molar-refractivity contribution is 5.85. The van der Waals surface area contributed by atoms with E-state index >= 15 is 0 Å². The number of rotatable bonds is 21. The van der Waals surface area contributed by atoms with Crippen LogP contribution in [-0.2, 0) is 6.54 Å². The predicted molar refractivity (Wildman–Crippen MR) is 139 cm³/mol. The van der Waals surface area contributed by atoms with Crippen molar-refractivity contribution in [1.29, 1.82) is 0 Å². The first-order valence-corrected chi connectivity index (χ1v) is 13.1. The normalized spacial score (nSPS) is 11.0. The summed E-state index contributed by atoms with van der Waals surface area (Å²) in [6, 6.07) is 10.8. The van der Waals surface area contributed by atoms with Crippen LogP contribution in [0.4, 0.5) is 0 Å². The van der Waals surface area contributed by atoms with Gasteiger partial charge in [-0.15, -0.1) is 12.4 Å². The molecule has 1 aromatic carbocycles. The highest BCUT2D eigenvalue weighted by Crippen LogP contribution is 2.14. The Balaban J connectivity index is 0.00000841. The zero-order valence-electron chi connectivity index (χ0n) is 20.4. The third kappa shape index (κ3) is 19.4. The van der Waals surface area contributed by atoms with Crippen LogP contribution >= 0.6 is 12.4 Å². The van der Waals surface area contributed by atoms with Crippen LogP contribution in [0.5, 0.6) is 0 Å². The summed E-state index contributed by atoms with van der Waals surface area (Å²) in [7, 11) is 2.25. The molecule has 0 saturated carbocycles. The molecule has 0 bridgehead atoms. The average Bonchev–Trinajstić information content (AvgIpc) is 2.73. The summed E-state index contributed by atoms with van der Waals surface area (Å²) >= 11 is 0. The quantitative estimate of drug-likeness (QED) is 0.173. The molecule has 0 saturated heterocycles. The van der Waals surface area contributed by atoms with Gasteiger partial charge >= 0.3 is 0 Å². The maximum absolute atomic E-state index is 2.46. The first-order chi connectivity index (χ1) is 14.3. The molecule has 0 heterocycles. The smallest absolute Gasteiger partial charge is 0.0230 e. The number of benzene rings is 1. The van der Waals surface area contributed by atoms with Gasteiger partial charge in [0.1, 0.15) is 0 Å². The Hall–Kier alpha value is -0.530. The van der Waals surface area contributed by atoms with Crippen molar-refractivity contribution in [3.05, 3.63) is 35.9 Å². The Labute approximate surface area is 195 Å². The number of hydrogen-bond donors (Lipinski definition) is 0. The number of unbranched alkanes of at least 4 members (excludes halogenated alkanes) is 17. The van der Waals surface area contributed by atoms with Crippen LogP contribution in [0.25, 0.3) is 0 Å². The van der Waals surface area contributed by atoms with Crippen LogP contribution in [0.1, 0.15) is 128 Å². The number of nitrogens with zero attached hydrogens (tertiary/aromatic N) is 1. The summed E-state index contributed by atoms with van der Waals surface area (Å²) in [5.41, 5.74) is 1.43. The molecule has 0 aliphatic heterocycles. The lowest BCUT2D eigenvalue weighted by atomic mass is 10.0. The van der Waals surface area contributed by atoms with Gasteiger partial charge in [0.15, 0.2) is 0 Å². The molecule has 176 valence electrons. The topological polar surface area (TPSA) is 3.24 Å². The van der Waals surface area contributed by atoms with Gasteiger partial charge in [-0.2, -0.15) is 0 Å². The van der Waals surface area contributed by atoms with Crippen LogP contribution in [0.2, 0.25) is 0 Å². The largest absolute Gasteiger partial charge is 0.302 e. The summed E-state index contributed by atoms with van der Waals surface area (Å²) < 4.78 is 0. The van der Waals surface area contributed by atoms with Gasteiger partial charge in [0.25, 0.3) is 0 Å². The van der Waals surface area contributed by atoms with E-state index in [1.165, 1.54) is 128 Å². The van der Waals surface area contributed by atoms with Crippen molar-refractivity contribution < 1.29 is 0 Å². The Bertz CT molecular complexity index is 434. The SMILES string of the molecule is CCCCCCCCCCCCCCCCCCCCN(C)Cc1ccccc1.Cl. The Kier molecular flexibility index (Phi) is 22.7. The second-order valence-corrected chi connectivity index (χ2v) is 9.23. The highest BCUT2D eigenvalue weighted by Gasteiger charge is 2.00. The molecule has 0 fully saturated rings. The van der Waals surface area contributed by atoms with E-state index in [0.29, 0.717) is 0 Å². The van der Waals surface area contributed by atoms with Crippen molar-refractivity contribution in [1.82, 2.24) is 4.90 Å². The van der Waals surface area contributed by atoms with Crippen molar-refractivity contribution in [2.75, 3.05) is 13.6 Å². The molecule has 2 heteroatoms. The molecule has 1 rings (SSSR count). The molecular weight excluding hydrogens is 386 g/mol. The van der Waals surface area contributed by atoms with E-state index in [1.807, 2.05) is 0 Å². The van der Waals surface area contributed by atoms with Gasteiger partial charge < -0.3 is 4.90 Å². The Morgan fingerprint density at radius 3 is 1.30 bits per heavy atom. The molecule has 1 aromatic rings. The minimum absolute atomic E-state index is 0. The molecule has 1 nitrogen and oxygen atoms in total. The molecule has 0 atom stereocenters. The van der Waals surface area contributed by atoms with Crippen molar-refractivity contribution in [3.8, 4) is 0 Å². The highest BCUT2D eigenvalue weighted by atomic mass is 35.5. The zero-order valence-corrected chi connectivity index (χ0v) is 21.2. The molecule has 0 aliphatic rings. The molecule has 30 heavy (non-hydrogen) atoms. The second-order valence-electron chi connectivity index (χ2n) is 9.23. The lowest BCUT2D eigenvalue weighted by molar-refractivity contribution is 0.316. The van der Waals surface area contributed by atoms with Crippen molar-refractivity contribution in [2.45, 2.75) is 129 Å². The van der Waals surface area contributed by atoms with Gasteiger partial charge in [-0.25, -0.2) is 0 Å². The zero-order chi connectivity index (χ0) is 20.8. The van der Waals surface area contributed by atoms with Crippen molar-refractivity contribution in [3.63, 3.8) is 0 Å². The lowest BCUT2D eigenvalue weighted by Gasteiger charge is -2.16. The summed E-state index contributed by atoms with van der Waals surface area (Å²) in [5, 5.41) is 0. The fourth-order valence-corrected chi connectivity index (χ4v) is 4.26. The van der Waals surface area contributed by atoms with Crippen LogP contribution in [0, 0.1) is 0 Å². The molecular formula is C28H52ClN. The standard InChI is InChI=1S/C28H51N.ClH/c1-3-4-5-6-7-8-9-10-11-12-13-14-15-16-17-18-19-23-26-29(2)27-28-24-21-20-22-25-28;/h20-22,24-25H,3-19,23,26-27H2,1-2H3;1H. The Morgan fingerprint density at radius 1 is 0.533 bits per heavy atom. The monoisotopic (exact) mass is 437 g/mol. The van der Waals surface area contributed by atoms with E-state index < -0.39 is 0 Å². The summed E-state index contributed by atoms with van der Waals surface area (Å²) in [6.45, 7) is 4.61. The third-order valence-electron chi connectivity index (χ3n) is 6.19. The van der Waals surface area contributed by atoms with Crippen LogP contribution < -0.4 is 0 Å². The van der Waals surface area contributed by atoms with Crippen LogP contribution in [0.15, 0.2) is 30.3 Å². The first kappa shape index (κ1) is 29.5. The molecule has 0 unspecified atom stereocenters. The van der Waals surface area contributed by atoms with E-state index in [0.717, 1.165) is 6.54 Å². The third-order valence-corrected chi connectivity index (χ3v) is 6.19. The lowest BCUT2D eigenvalue weighted by Crippen LogP contribution is -2.18. The molecule has 0 aliphatic carbocycles. The molecule has 0 spiro atoms. The van der Waals surface area contributed by atoms with E-state index in [1.54, 1.807) is 0 Å². The van der Waals surface area contributed by atoms with Crippen LogP contribution in [-0.4, -0.2) is 18.5 Å². The maximum atomic E-state index is 2.46. The van der Waals surface area contributed by atoms with E-state index in [9.17, 15) is 0 Å². The predicted octanol–water partition coefficient (Wildman–Crippen LogP) is 9.58. The van der Waals surface area contributed by atoms with Gasteiger partial charge in [-0.05, 0) is 25.6 Å². The average molecular weight is 438 g/mol. The Morgan fingerprint density at radius 2 is 0.900 bits per heavy atom. The fraction of sp³-hybridized carbons (Fsp3) is 0.786. The minimum atomic E-state index is 0. The molecule has 0 radical (unpaired) electrons. The van der Waals surface area contributed by atoms with E-state index in [2.05, 4.69) is 49.2 Å². The fourth-order valence-electron chi connectivity index (χ4n) is 4.26. The van der Waals surface area contributed by atoms with Crippen LogP contribution in [0.3, 0.4) is 0 Å². The number of hydrogen-bond acceptors (Lipinski definition) is 1. The summed E-state index contributed by atoms with van der Waals surface area (Å²) in [4.78, 5) is 2.46. The molecule has 0 aromatic heterocycles. The van der Waals surface area contributed by atoms with Crippen molar-refractivity contribution in [2.24, 2.45) is 0 Å². The van der Waals surface area contributed by atoms with Crippen molar-refractivity contribution >= 4 is 12.4 Å². The summed E-state index contributed by atoms with van der Waals surface area (Å²) in [5.74, 6) is 0.